The molecular formula is C19H19N5O5. The van der Waals surface area contributed by atoms with Gasteiger partial charge in [-0.3, -0.25) is 14.4 Å². The Morgan fingerprint density at radius 2 is 2.10 bits per heavy atom. The number of carbonyl (C=O) groups is 4. The summed E-state index contributed by atoms with van der Waals surface area (Å²) in [7, 11) is 1.46. The number of aromatic nitrogens is 2. The zero-order valence-corrected chi connectivity index (χ0v) is 15.5. The van der Waals surface area contributed by atoms with Crippen molar-refractivity contribution in [3.05, 3.63) is 60.8 Å². The second kappa shape index (κ2) is 8.38. The van der Waals surface area contributed by atoms with Crippen LogP contribution in [0.1, 0.15) is 18.0 Å². The van der Waals surface area contributed by atoms with Gasteiger partial charge in [-0.25, -0.2) is 9.78 Å². The molecule has 3 rings (SSSR count). The minimum atomic E-state index is -1.35. The summed E-state index contributed by atoms with van der Waals surface area (Å²) in [6.07, 6.45) is 7.06. The van der Waals surface area contributed by atoms with Gasteiger partial charge in [0, 0.05) is 37.4 Å². The Hall–Kier alpha value is -3.95. The monoisotopic (exact) mass is 397 g/mol. The molecule has 3 N–H and O–H groups in total. The molecule has 0 saturated carbocycles. The van der Waals surface area contributed by atoms with Gasteiger partial charge in [-0.15, -0.1) is 0 Å². The number of amides is 3. The van der Waals surface area contributed by atoms with Crippen molar-refractivity contribution < 1.29 is 24.3 Å². The van der Waals surface area contributed by atoms with Crippen LogP contribution in [-0.2, 0) is 14.4 Å². The molecule has 3 amide bonds. The van der Waals surface area contributed by atoms with Crippen LogP contribution in [0.5, 0.6) is 0 Å². The Bertz CT molecular complexity index is 969. The lowest BCUT2D eigenvalue weighted by atomic mass is 10.0. The number of carboxylic acids is 1. The number of rotatable bonds is 6. The largest absolute Gasteiger partial charge is 0.481 e. The molecule has 0 radical (unpaired) electrons. The van der Waals surface area contributed by atoms with E-state index in [1.54, 1.807) is 41.5 Å². The lowest BCUT2D eigenvalue weighted by Gasteiger charge is -2.25. The highest BCUT2D eigenvalue weighted by Gasteiger charge is 2.32. The predicted octanol–water partition coefficient (Wildman–Crippen LogP) is 0.611. The first-order valence-corrected chi connectivity index (χ1v) is 8.71. The van der Waals surface area contributed by atoms with Crippen LogP contribution in [0.25, 0.3) is 5.69 Å². The van der Waals surface area contributed by atoms with Gasteiger partial charge in [-0.1, -0.05) is 12.1 Å². The Balaban J connectivity index is 1.77. The highest BCUT2D eigenvalue weighted by atomic mass is 16.4. The lowest BCUT2D eigenvalue weighted by Crippen LogP contribution is -2.55. The first-order chi connectivity index (χ1) is 13.8. The topological polar surface area (TPSA) is 134 Å². The molecule has 0 fully saturated rings. The van der Waals surface area contributed by atoms with Gasteiger partial charge in [-0.05, 0) is 17.7 Å². The van der Waals surface area contributed by atoms with Gasteiger partial charge in [-0.2, -0.15) is 0 Å². The van der Waals surface area contributed by atoms with Gasteiger partial charge in [0.15, 0.2) is 11.8 Å². The molecule has 0 saturated heterocycles. The van der Waals surface area contributed by atoms with Crippen molar-refractivity contribution in [2.45, 2.75) is 18.5 Å². The Kier molecular flexibility index (Phi) is 5.72. The van der Waals surface area contributed by atoms with Crippen molar-refractivity contribution in [3.63, 3.8) is 0 Å². The van der Waals surface area contributed by atoms with Gasteiger partial charge in [0.25, 0.3) is 5.91 Å². The average Bonchev–Trinajstić information content (AvgIpc) is 3.22. The number of nitrogens with zero attached hydrogens (tertiary/aromatic N) is 3. The van der Waals surface area contributed by atoms with E-state index >= 15 is 0 Å². The number of nitrogens with one attached hydrogen (secondary N) is 2. The molecule has 2 atom stereocenters. The third kappa shape index (κ3) is 4.67. The summed E-state index contributed by atoms with van der Waals surface area (Å²) >= 11 is 0. The van der Waals surface area contributed by atoms with Crippen LogP contribution in [0.2, 0.25) is 0 Å². The van der Waals surface area contributed by atoms with Crippen LogP contribution in [0.15, 0.2) is 55.3 Å². The fourth-order valence-electron chi connectivity index (χ4n) is 2.88. The molecule has 2 aromatic rings. The standard InChI is InChI=1S/C19H19N5O5/c1-23-7-5-15(25)17(18(23)28)22-19(29)21-14(10-16(26)27)12-3-2-4-13(9-12)24-8-6-20-11-24/h2-9,11,14,17H,10H2,1H3,(H,26,27)(H2,21,22,29). The molecule has 0 aliphatic carbocycles. The van der Waals surface area contributed by atoms with Crippen LogP contribution in [0, 0.1) is 0 Å². The molecular weight excluding hydrogens is 378 g/mol. The van der Waals surface area contributed by atoms with Crippen LogP contribution in [0.4, 0.5) is 4.79 Å². The van der Waals surface area contributed by atoms with E-state index < -0.39 is 35.8 Å². The van der Waals surface area contributed by atoms with E-state index in [4.69, 9.17) is 0 Å². The van der Waals surface area contributed by atoms with Gasteiger partial charge in [0.05, 0.1) is 18.8 Å². The van der Waals surface area contributed by atoms with Gasteiger partial charge >= 0.3 is 12.0 Å². The fraction of sp³-hybridized carbons (Fsp3) is 0.211. The summed E-state index contributed by atoms with van der Waals surface area (Å²) in [6.45, 7) is 0. The summed E-state index contributed by atoms with van der Waals surface area (Å²) < 4.78 is 1.74. The van der Waals surface area contributed by atoms with E-state index in [0.29, 0.717) is 5.56 Å². The normalized spacial score (nSPS) is 17.1. The Labute approximate surface area is 165 Å². The lowest BCUT2D eigenvalue weighted by molar-refractivity contribution is -0.138. The molecule has 1 aromatic carbocycles. The number of hydrogen-bond acceptors (Lipinski definition) is 5. The maximum Gasteiger partial charge on any atom is 0.316 e. The van der Waals surface area contributed by atoms with Crippen LogP contribution in [-0.4, -0.2) is 56.3 Å². The highest BCUT2D eigenvalue weighted by Crippen LogP contribution is 2.20. The first kappa shape index (κ1) is 19.8. The molecule has 2 heterocycles. The van der Waals surface area contributed by atoms with Crippen molar-refractivity contribution in [2.24, 2.45) is 0 Å². The highest BCUT2D eigenvalue weighted by molar-refractivity contribution is 6.14. The van der Waals surface area contributed by atoms with Crippen molar-refractivity contribution in [3.8, 4) is 5.69 Å². The number of urea groups is 1. The minimum absolute atomic E-state index is 0.382. The number of carboxylic acid groups (broad SMARTS) is 1. The molecule has 29 heavy (non-hydrogen) atoms. The number of ketones is 1. The summed E-state index contributed by atoms with van der Waals surface area (Å²) in [6, 6.07) is 3.90. The van der Waals surface area contributed by atoms with Crippen molar-refractivity contribution in [1.82, 2.24) is 25.1 Å². The van der Waals surface area contributed by atoms with Crippen LogP contribution in [0.3, 0.4) is 0 Å². The number of imidazole rings is 1. The Morgan fingerprint density at radius 1 is 1.31 bits per heavy atom. The number of hydrogen-bond donors (Lipinski definition) is 3. The molecule has 150 valence electrons. The maximum atomic E-state index is 12.4. The maximum absolute atomic E-state index is 12.4. The summed E-state index contributed by atoms with van der Waals surface area (Å²) in [5.74, 6) is -2.25. The summed E-state index contributed by atoms with van der Waals surface area (Å²) in [4.78, 5) is 52.9. The molecule has 1 aliphatic heterocycles. The SMILES string of the molecule is CN1C=CC(=O)C(NC(=O)NC(CC(=O)O)c2cccc(-n3ccnc3)c2)C1=O. The molecule has 1 aliphatic rings. The van der Waals surface area contributed by atoms with Gasteiger partial charge in [0.1, 0.15) is 0 Å². The number of likely N-dealkylation sites (N-methyl/N-ethyl adjacent to an activating group) is 1. The van der Waals surface area contributed by atoms with E-state index in [0.717, 1.165) is 5.69 Å². The molecule has 10 heteroatoms. The van der Waals surface area contributed by atoms with E-state index in [9.17, 15) is 24.3 Å². The zero-order valence-electron chi connectivity index (χ0n) is 15.5. The molecule has 2 unspecified atom stereocenters. The minimum Gasteiger partial charge on any atom is -0.481 e. The van der Waals surface area contributed by atoms with Crippen molar-refractivity contribution in [1.29, 1.82) is 0 Å². The number of benzene rings is 1. The third-order valence-electron chi connectivity index (χ3n) is 4.38. The number of carbonyl (C=O) groups excluding carboxylic acids is 3. The summed E-state index contributed by atoms with van der Waals surface area (Å²) in [5, 5.41) is 14.1. The predicted molar refractivity (Wildman–Crippen MR) is 101 cm³/mol. The van der Waals surface area contributed by atoms with E-state index in [1.807, 2.05) is 6.07 Å². The third-order valence-corrected chi connectivity index (χ3v) is 4.38. The number of aliphatic carboxylic acids is 1. The quantitative estimate of drug-likeness (QED) is 0.612. The van der Waals surface area contributed by atoms with Gasteiger partial charge < -0.3 is 25.2 Å². The van der Waals surface area contributed by atoms with Crippen LogP contribution < -0.4 is 10.6 Å². The second-order valence-electron chi connectivity index (χ2n) is 6.43. The van der Waals surface area contributed by atoms with E-state index in [1.165, 1.54) is 24.2 Å². The molecule has 1 aromatic heterocycles. The first-order valence-electron chi connectivity index (χ1n) is 8.71. The van der Waals surface area contributed by atoms with E-state index in [-0.39, 0.29) is 6.42 Å². The van der Waals surface area contributed by atoms with Gasteiger partial charge in [0.2, 0.25) is 0 Å². The summed E-state index contributed by atoms with van der Waals surface area (Å²) in [5.41, 5.74) is 1.29. The van der Waals surface area contributed by atoms with Crippen molar-refractivity contribution >= 4 is 23.7 Å². The van der Waals surface area contributed by atoms with E-state index in [2.05, 4.69) is 15.6 Å². The Morgan fingerprint density at radius 3 is 2.79 bits per heavy atom. The average molecular weight is 397 g/mol. The van der Waals surface area contributed by atoms with Crippen LogP contribution >= 0.6 is 0 Å². The molecule has 10 nitrogen and oxygen atoms in total. The molecule has 0 spiro atoms. The molecule has 0 bridgehead atoms. The zero-order chi connectivity index (χ0) is 21.0. The van der Waals surface area contributed by atoms with Crippen molar-refractivity contribution in [2.75, 3.05) is 7.05 Å². The fourth-order valence-corrected chi connectivity index (χ4v) is 2.88. The smallest absolute Gasteiger partial charge is 0.316 e. The second-order valence-corrected chi connectivity index (χ2v) is 6.43.